The van der Waals surface area contributed by atoms with Crippen molar-refractivity contribution in [3.05, 3.63) is 59.4 Å². The lowest BCUT2D eigenvalue weighted by Crippen LogP contribution is -2.12. The van der Waals surface area contributed by atoms with E-state index in [1.165, 1.54) is 27.1 Å². The Kier molecular flexibility index (Phi) is 3.71. The van der Waals surface area contributed by atoms with Crippen LogP contribution in [0.25, 0.3) is 10.2 Å². The first-order chi connectivity index (χ1) is 9.38. The first-order valence-corrected chi connectivity index (χ1v) is 7.82. The lowest BCUT2D eigenvalue weighted by molar-refractivity contribution is 0.769. The number of thiazole rings is 1. The lowest BCUT2D eigenvalue weighted by atomic mass is 10.3. The molecule has 0 aliphatic carbocycles. The fraction of sp³-hybridized carbons (Fsp3) is 0.133. The van der Waals surface area contributed by atoms with Gasteiger partial charge in [0.05, 0.1) is 10.2 Å². The normalized spacial score (nSPS) is 12.2. The van der Waals surface area contributed by atoms with Gasteiger partial charge in [-0.25, -0.2) is 0 Å². The standard InChI is InChI=1S/C15H14N2S2/c1-2-17-13-10-6-7-11-14(13)18-15(17)16-19-12-8-4-3-5-9-12/h3-11H,2H2,1H3. The van der Waals surface area contributed by atoms with Gasteiger partial charge in [0.1, 0.15) is 0 Å². The molecule has 3 aromatic rings. The van der Waals surface area contributed by atoms with E-state index in [1.54, 1.807) is 11.3 Å². The highest BCUT2D eigenvalue weighted by atomic mass is 32.2. The smallest absolute Gasteiger partial charge is 0.197 e. The Morgan fingerprint density at radius 3 is 2.58 bits per heavy atom. The minimum Gasteiger partial charge on any atom is -0.316 e. The van der Waals surface area contributed by atoms with Crippen molar-refractivity contribution in [2.75, 3.05) is 0 Å². The summed E-state index contributed by atoms with van der Waals surface area (Å²) in [4.78, 5) is 2.24. The van der Waals surface area contributed by atoms with E-state index in [-0.39, 0.29) is 0 Å². The third-order valence-electron chi connectivity index (χ3n) is 2.88. The van der Waals surface area contributed by atoms with Crippen molar-refractivity contribution in [3.63, 3.8) is 0 Å². The summed E-state index contributed by atoms with van der Waals surface area (Å²) in [6.45, 7) is 3.10. The summed E-state index contributed by atoms with van der Waals surface area (Å²) >= 11 is 3.28. The van der Waals surface area contributed by atoms with Crippen LogP contribution in [0, 0.1) is 0 Å². The topological polar surface area (TPSA) is 17.3 Å². The molecule has 0 unspecified atom stereocenters. The molecule has 0 saturated carbocycles. The van der Waals surface area contributed by atoms with E-state index in [9.17, 15) is 0 Å². The summed E-state index contributed by atoms with van der Waals surface area (Å²) in [7, 11) is 0. The Morgan fingerprint density at radius 2 is 1.79 bits per heavy atom. The van der Waals surface area contributed by atoms with Gasteiger partial charge in [0.2, 0.25) is 0 Å². The number of hydrogen-bond donors (Lipinski definition) is 0. The third-order valence-corrected chi connectivity index (χ3v) is 4.80. The molecule has 19 heavy (non-hydrogen) atoms. The number of aromatic nitrogens is 1. The van der Waals surface area contributed by atoms with Crippen molar-refractivity contribution in [1.82, 2.24) is 4.57 Å². The summed E-state index contributed by atoms with van der Waals surface area (Å²) < 4.78 is 8.23. The molecule has 0 aliphatic heterocycles. The van der Waals surface area contributed by atoms with Gasteiger partial charge in [0.25, 0.3) is 0 Å². The zero-order chi connectivity index (χ0) is 13.1. The highest BCUT2D eigenvalue weighted by Crippen LogP contribution is 2.20. The van der Waals surface area contributed by atoms with Crippen LogP contribution in [0.15, 0.2) is 63.9 Å². The molecule has 3 rings (SSSR count). The van der Waals surface area contributed by atoms with Crippen LogP contribution in [0.4, 0.5) is 0 Å². The fourth-order valence-electron chi connectivity index (χ4n) is 1.97. The number of rotatable bonds is 3. The zero-order valence-corrected chi connectivity index (χ0v) is 12.2. The summed E-state index contributed by atoms with van der Waals surface area (Å²) in [5.74, 6) is 0. The minimum absolute atomic E-state index is 0.943. The van der Waals surface area contributed by atoms with Gasteiger partial charge in [-0.15, -0.1) is 0 Å². The highest BCUT2D eigenvalue weighted by Gasteiger charge is 2.03. The molecule has 0 atom stereocenters. The molecule has 0 amide bonds. The van der Waals surface area contributed by atoms with Gasteiger partial charge in [-0.2, -0.15) is 4.40 Å². The predicted molar refractivity (Wildman–Crippen MR) is 83.4 cm³/mol. The molecule has 0 N–H and O–H groups in total. The molecule has 0 bridgehead atoms. The van der Waals surface area contributed by atoms with Gasteiger partial charge in [-0.05, 0) is 31.2 Å². The SMILES string of the molecule is CCn1c(=NSc2ccccc2)sc2ccccc21. The Morgan fingerprint density at radius 1 is 1.05 bits per heavy atom. The van der Waals surface area contributed by atoms with Crippen molar-refractivity contribution < 1.29 is 0 Å². The van der Waals surface area contributed by atoms with Crippen molar-refractivity contribution in [1.29, 1.82) is 0 Å². The molecule has 2 aromatic carbocycles. The number of hydrogen-bond acceptors (Lipinski definition) is 3. The molecule has 0 radical (unpaired) electrons. The molecule has 1 aromatic heterocycles. The first-order valence-electron chi connectivity index (χ1n) is 6.23. The van der Waals surface area contributed by atoms with Crippen LogP contribution in [0.1, 0.15) is 6.92 Å². The molecule has 1 heterocycles. The largest absolute Gasteiger partial charge is 0.316 e. The number of fused-ring (bicyclic) bond motifs is 1. The third kappa shape index (κ3) is 2.60. The second kappa shape index (κ2) is 5.63. The molecule has 0 aliphatic rings. The molecule has 0 saturated heterocycles. The number of aryl methyl sites for hydroxylation is 1. The predicted octanol–water partition coefficient (Wildman–Crippen LogP) is 4.33. The van der Waals surface area contributed by atoms with E-state index in [0.717, 1.165) is 11.3 Å². The van der Waals surface area contributed by atoms with Crippen molar-refractivity contribution in [3.8, 4) is 0 Å². The maximum Gasteiger partial charge on any atom is 0.197 e. The van der Waals surface area contributed by atoms with E-state index in [2.05, 4.69) is 52.3 Å². The molecule has 2 nitrogen and oxygen atoms in total. The summed E-state index contributed by atoms with van der Waals surface area (Å²) in [6, 6.07) is 18.7. The number of para-hydroxylation sites is 1. The summed E-state index contributed by atoms with van der Waals surface area (Å²) in [6.07, 6.45) is 0. The first kappa shape index (κ1) is 12.5. The van der Waals surface area contributed by atoms with Crippen LogP contribution < -0.4 is 4.80 Å². The van der Waals surface area contributed by atoms with Gasteiger partial charge in [0, 0.05) is 23.4 Å². The van der Waals surface area contributed by atoms with Gasteiger partial charge in [0.15, 0.2) is 4.80 Å². The summed E-state index contributed by atoms with van der Waals surface area (Å²) in [5, 5.41) is 0. The molecule has 0 fully saturated rings. The van der Waals surface area contributed by atoms with E-state index in [0.29, 0.717) is 0 Å². The summed E-state index contributed by atoms with van der Waals surface area (Å²) in [5.41, 5.74) is 1.27. The van der Waals surface area contributed by atoms with E-state index in [4.69, 9.17) is 0 Å². The maximum atomic E-state index is 4.68. The zero-order valence-electron chi connectivity index (χ0n) is 10.6. The fourth-order valence-corrected chi connectivity index (χ4v) is 3.76. The van der Waals surface area contributed by atoms with E-state index >= 15 is 0 Å². The van der Waals surface area contributed by atoms with Crippen LogP contribution in [0.2, 0.25) is 0 Å². The van der Waals surface area contributed by atoms with Gasteiger partial charge in [-0.1, -0.05) is 41.7 Å². The molecular formula is C15H14N2S2. The highest BCUT2D eigenvalue weighted by molar-refractivity contribution is 7.98. The molecular weight excluding hydrogens is 272 g/mol. The quantitative estimate of drug-likeness (QED) is 0.655. The average Bonchev–Trinajstić information content (AvgIpc) is 2.83. The molecule has 96 valence electrons. The van der Waals surface area contributed by atoms with Crippen LogP contribution in [0.5, 0.6) is 0 Å². The lowest BCUT2D eigenvalue weighted by Gasteiger charge is -1.99. The number of nitrogens with zero attached hydrogens (tertiary/aromatic N) is 2. The van der Waals surface area contributed by atoms with E-state index < -0.39 is 0 Å². The minimum atomic E-state index is 0.943. The van der Waals surface area contributed by atoms with Gasteiger partial charge in [-0.3, -0.25) is 0 Å². The monoisotopic (exact) mass is 286 g/mol. The second-order valence-corrected chi connectivity index (χ2v) is 5.94. The van der Waals surface area contributed by atoms with Crippen molar-refractivity contribution >= 4 is 33.5 Å². The Bertz CT molecular complexity index is 741. The number of benzene rings is 2. The molecule has 4 heteroatoms. The van der Waals surface area contributed by atoms with Crippen molar-refractivity contribution in [2.24, 2.45) is 4.40 Å². The van der Waals surface area contributed by atoms with Crippen molar-refractivity contribution in [2.45, 2.75) is 18.4 Å². The van der Waals surface area contributed by atoms with Crippen LogP contribution in [-0.2, 0) is 6.54 Å². The second-order valence-electron chi connectivity index (χ2n) is 4.09. The van der Waals surface area contributed by atoms with Gasteiger partial charge >= 0.3 is 0 Å². The molecule has 0 spiro atoms. The maximum absolute atomic E-state index is 4.68. The Hall–Kier alpha value is -1.52. The van der Waals surface area contributed by atoms with Gasteiger partial charge < -0.3 is 4.57 Å². The average molecular weight is 286 g/mol. The Balaban J connectivity index is 2.04. The van der Waals surface area contributed by atoms with Crippen LogP contribution in [0.3, 0.4) is 0 Å². The van der Waals surface area contributed by atoms with Crippen LogP contribution in [-0.4, -0.2) is 4.57 Å². The van der Waals surface area contributed by atoms with E-state index in [1.807, 2.05) is 18.2 Å². The van der Waals surface area contributed by atoms with Crippen LogP contribution >= 0.6 is 23.3 Å². The Labute approximate surface area is 120 Å².